The molecule has 10 nitrogen and oxygen atoms in total. The van der Waals surface area contributed by atoms with Crippen molar-refractivity contribution in [2.24, 2.45) is 10.8 Å². The summed E-state index contributed by atoms with van der Waals surface area (Å²) < 4.78 is 11.1. The van der Waals surface area contributed by atoms with Crippen molar-refractivity contribution in [3.8, 4) is 11.5 Å². The van der Waals surface area contributed by atoms with E-state index in [1.807, 2.05) is 20.8 Å². The lowest BCUT2D eigenvalue weighted by Gasteiger charge is -2.37. The predicted octanol–water partition coefficient (Wildman–Crippen LogP) is 4.76. The van der Waals surface area contributed by atoms with Crippen molar-refractivity contribution < 1.29 is 33.8 Å². The van der Waals surface area contributed by atoms with Gasteiger partial charge in [0.1, 0.15) is 0 Å². The third kappa shape index (κ3) is 11.2. The van der Waals surface area contributed by atoms with Gasteiger partial charge in [-0.2, -0.15) is 0 Å². The van der Waals surface area contributed by atoms with Gasteiger partial charge in [-0.05, 0) is 92.1 Å². The maximum atomic E-state index is 12.7. The highest BCUT2D eigenvalue weighted by molar-refractivity contribution is 8.93. The van der Waals surface area contributed by atoms with Crippen LogP contribution in [0.1, 0.15) is 84.3 Å². The Bertz CT molecular complexity index is 1250. The van der Waals surface area contributed by atoms with E-state index >= 15 is 0 Å². The number of ether oxygens (including phenoxy) is 2. The predicted molar refractivity (Wildman–Crippen MR) is 165 cm³/mol. The molecule has 0 saturated heterocycles. The average Bonchev–Trinajstić information content (AvgIpc) is 2.86. The van der Waals surface area contributed by atoms with E-state index in [0.29, 0.717) is 11.1 Å². The molecule has 42 heavy (non-hydrogen) atoms. The van der Waals surface area contributed by atoms with Crippen LogP contribution in [-0.2, 0) is 14.4 Å². The van der Waals surface area contributed by atoms with Gasteiger partial charge in [0.25, 0.3) is 11.8 Å². The van der Waals surface area contributed by atoms with Crippen LogP contribution in [-0.4, -0.2) is 52.5 Å². The second-order valence-corrected chi connectivity index (χ2v) is 12.9. The number of carbonyl (C=O) groups is 4. The fraction of sp³-hybridized carbons (Fsp3) is 0.484. The molecule has 0 heterocycles. The summed E-state index contributed by atoms with van der Waals surface area (Å²) in [7, 11) is 0. The number of aliphatic hydroxyl groups is 1. The Hall–Kier alpha value is -3.28. The number of esters is 2. The molecule has 11 heteroatoms. The molecule has 0 radical (unpaired) electrons. The molecule has 2 aromatic carbocycles. The van der Waals surface area contributed by atoms with Crippen LogP contribution in [0.4, 0.5) is 0 Å². The zero-order valence-corrected chi connectivity index (χ0v) is 27.6. The van der Waals surface area contributed by atoms with Crippen molar-refractivity contribution >= 4 is 40.7 Å². The van der Waals surface area contributed by atoms with Gasteiger partial charge < -0.3 is 19.9 Å². The van der Waals surface area contributed by atoms with Crippen molar-refractivity contribution in [2.45, 2.75) is 74.0 Å². The molecular weight excluding hydrogens is 606 g/mol. The highest BCUT2D eigenvalue weighted by Crippen LogP contribution is 2.34. The van der Waals surface area contributed by atoms with Crippen molar-refractivity contribution in [1.29, 1.82) is 0 Å². The molecule has 1 unspecified atom stereocenters. The van der Waals surface area contributed by atoms with E-state index in [1.54, 1.807) is 82.9 Å². The first-order valence-electron chi connectivity index (χ1n) is 13.5. The fourth-order valence-electron chi connectivity index (χ4n) is 3.21. The maximum absolute atomic E-state index is 12.7. The van der Waals surface area contributed by atoms with Gasteiger partial charge in [0.05, 0.1) is 23.5 Å². The molecule has 0 bridgehead atoms. The molecule has 0 aliphatic rings. The van der Waals surface area contributed by atoms with Gasteiger partial charge in [0, 0.05) is 17.6 Å². The first kappa shape index (κ1) is 36.7. The van der Waals surface area contributed by atoms with Gasteiger partial charge in [-0.3, -0.25) is 24.6 Å². The monoisotopic (exact) mass is 649 g/mol. The van der Waals surface area contributed by atoms with Crippen LogP contribution in [0.3, 0.4) is 0 Å². The molecule has 2 rings (SSSR count). The summed E-state index contributed by atoms with van der Waals surface area (Å²) in [6, 6.07) is 13.0. The molecule has 0 saturated carbocycles. The first-order valence-corrected chi connectivity index (χ1v) is 13.5. The number of amides is 2. The summed E-state index contributed by atoms with van der Waals surface area (Å²) in [4.78, 5) is 50.2. The molecule has 3 N–H and O–H groups in total. The van der Waals surface area contributed by atoms with E-state index in [-0.39, 0.29) is 47.5 Å². The molecule has 0 fully saturated rings. The Labute approximate surface area is 258 Å². The van der Waals surface area contributed by atoms with Gasteiger partial charge in [0.2, 0.25) is 0 Å². The van der Waals surface area contributed by atoms with E-state index in [9.17, 15) is 24.3 Å². The highest BCUT2D eigenvalue weighted by Gasteiger charge is 2.30. The van der Waals surface area contributed by atoms with Crippen LogP contribution in [0, 0.1) is 10.8 Å². The van der Waals surface area contributed by atoms with E-state index < -0.39 is 40.3 Å². The largest absolute Gasteiger partial charge is 0.422 e. The molecule has 2 aromatic rings. The topological polar surface area (TPSA) is 134 Å². The Morgan fingerprint density at radius 1 is 0.810 bits per heavy atom. The van der Waals surface area contributed by atoms with Crippen LogP contribution in [0.5, 0.6) is 11.5 Å². The minimum absolute atomic E-state index is 0. The zero-order valence-electron chi connectivity index (χ0n) is 25.9. The zero-order chi connectivity index (χ0) is 31.2. The third-order valence-electron chi connectivity index (χ3n) is 5.85. The molecule has 0 aliphatic heterocycles. The van der Waals surface area contributed by atoms with Crippen molar-refractivity contribution in [3.63, 3.8) is 0 Å². The number of rotatable bonds is 9. The number of hydrogen-bond acceptors (Lipinski definition) is 8. The normalized spacial score (nSPS) is 12.5. The molecule has 232 valence electrons. The number of halogens is 1. The Morgan fingerprint density at radius 2 is 1.33 bits per heavy atom. The first-order chi connectivity index (χ1) is 18.8. The van der Waals surface area contributed by atoms with Gasteiger partial charge >= 0.3 is 11.9 Å². The third-order valence-corrected chi connectivity index (χ3v) is 5.85. The van der Waals surface area contributed by atoms with Crippen LogP contribution in [0.25, 0.3) is 0 Å². The number of nitrogens with zero attached hydrogens (tertiary/aromatic N) is 1. The number of carbonyl (C=O) groups excluding carboxylic acids is 4. The lowest BCUT2D eigenvalue weighted by molar-refractivity contribution is -0.145. The molecule has 0 spiro atoms. The number of hydrogen-bond donors (Lipinski definition) is 3. The molecular formula is C31H44BrN3O7. The summed E-state index contributed by atoms with van der Waals surface area (Å²) >= 11 is 0. The van der Waals surface area contributed by atoms with Gasteiger partial charge in [0.15, 0.2) is 11.5 Å². The van der Waals surface area contributed by atoms with Crippen LogP contribution in [0.2, 0.25) is 0 Å². The van der Waals surface area contributed by atoms with E-state index in [2.05, 4.69) is 10.7 Å². The summed E-state index contributed by atoms with van der Waals surface area (Å²) in [6.45, 7) is 15.5. The highest BCUT2D eigenvalue weighted by atomic mass is 79.9. The quantitative estimate of drug-likeness (QED) is 0.201. The number of β-amino-alcohol motifs (C(OH)–C–C–N with tert-alkyl or cyclic N) is 1. The summed E-state index contributed by atoms with van der Waals surface area (Å²) in [5, 5.41) is 15.3. The standard InChI is InChI=1S/C31H43N3O7.BrH/c1-29(2,3)27(38)40-23-16-15-21(17-24(23)41-28(39)30(4,5)6)22(35)19-34(31(7,8)9)33-25(36)18-32-26(37)20-13-11-10-12-14-20;/h10-17,22,35H,18-19H2,1-9H3,(H,32,37)(H,33,36);1H. The number of nitrogens with one attached hydrogen (secondary N) is 2. The summed E-state index contributed by atoms with van der Waals surface area (Å²) in [5.74, 6) is -1.87. The fourth-order valence-corrected chi connectivity index (χ4v) is 3.21. The Morgan fingerprint density at radius 3 is 1.83 bits per heavy atom. The van der Waals surface area contributed by atoms with Gasteiger partial charge in [-0.25, -0.2) is 5.01 Å². The summed E-state index contributed by atoms with van der Waals surface area (Å²) in [5.41, 5.74) is 1.32. The minimum Gasteiger partial charge on any atom is -0.422 e. The van der Waals surface area contributed by atoms with Crippen molar-refractivity contribution in [3.05, 3.63) is 59.7 Å². The van der Waals surface area contributed by atoms with Crippen molar-refractivity contribution in [2.75, 3.05) is 13.1 Å². The lowest BCUT2D eigenvalue weighted by atomic mass is 9.97. The lowest BCUT2D eigenvalue weighted by Crippen LogP contribution is -2.56. The molecule has 0 aromatic heterocycles. The Balaban J connectivity index is 0.00000882. The van der Waals surface area contributed by atoms with Gasteiger partial charge in [-0.1, -0.05) is 24.3 Å². The van der Waals surface area contributed by atoms with Crippen molar-refractivity contribution in [1.82, 2.24) is 15.8 Å². The van der Waals surface area contributed by atoms with E-state index in [1.165, 1.54) is 12.1 Å². The maximum Gasteiger partial charge on any atom is 0.316 e. The molecule has 1 atom stereocenters. The summed E-state index contributed by atoms with van der Waals surface area (Å²) in [6.07, 6.45) is -1.13. The second kappa shape index (κ2) is 14.8. The number of aliphatic hydroxyl groups excluding tert-OH is 1. The SMILES string of the molecule is Br.CC(C)(C)C(=O)Oc1ccc(C(O)CN(NC(=O)CNC(=O)c2ccccc2)C(C)(C)C)cc1OC(=O)C(C)(C)C. The van der Waals surface area contributed by atoms with E-state index in [0.717, 1.165) is 0 Å². The van der Waals surface area contributed by atoms with Gasteiger partial charge in [-0.15, -0.1) is 17.0 Å². The Kier molecular flexibility index (Phi) is 12.9. The number of hydrazine groups is 1. The minimum atomic E-state index is -1.13. The smallest absolute Gasteiger partial charge is 0.316 e. The molecule has 0 aliphatic carbocycles. The number of benzene rings is 2. The molecule has 2 amide bonds. The van der Waals surface area contributed by atoms with Crippen LogP contribution < -0.4 is 20.2 Å². The second-order valence-electron chi connectivity index (χ2n) is 12.9. The van der Waals surface area contributed by atoms with Crippen LogP contribution >= 0.6 is 17.0 Å². The van der Waals surface area contributed by atoms with Crippen LogP contribution in [0.15, 0.2) is 48.5 Å². The van der Waals surface area contributed by atoms with E-state index in [4.69, 9.17) is 9.47 Å². The average molecular weight is 651 g/mol.